The second-order valence-corrected chi connectivity index (χ2v) is 2.41. The molecule has 1 rings (SSSR count). The van der Waals surface area contributed by atoms with E-state index in [1.165, 1.54) is 12.3 Å². The first-order valence-electron chi connectivity index (χ1n) is 4.11. The van der Waals surface area contributed by atoms with Crippen LogP contribution in [-0.2, 0) is 4.74 Å². The largest absolute Gasteiger partial charge is 0.444 e. The van der Waals surface area contributed by atoms with Gasteiger partial charge >= 0.3 is 6.09 Å². The van der Waals surface area contributed by atoms with Crippen LogP contribution in [0.25, 0.3) is 0 Å². The fraction of sp³-hybridized carbons (Fsp3) is 0.125. The quantitative estimate of drug-likeness (QED) is 0.411. The molecule has 7 nitrogen and oxygen atoms in total. The molecule has 1 heterocycles. The molecule has 1 aromatic rings. The summed E-state index contributed by atoms with van der Waals surface area (Å²) in [6, 6.07) is 3.18. The van der Waals surface area contributed by atoms with E-state index < -0.39 is 6.09 Å². The summed E-state index contributed by atoms with van der Waals surface area (Å²) in [6.07, 6.45) is 2.24. The predicted octanol–water partition coefficient (Wildman–Crippen LogP) is -0.0161. The summed E-state index contributed by atoms with van der Waals surface area (Å²) in [7, 11) is 0. The zero-order chi connectivity index (χ0) is 11.1. The first-order chi connectivity index (χ1) is 7.29. The second kappa shape index (κ2) is 5.68. The van der Waals surface area contributed by atoms with Crippen molar-refractivity contribution in [3.8, 4) is 0 Å². The van der Waals surface area contributed by atoms with E-state index in [1.54, 1.807) is 12.1 Å². The molecule has 0 aliphatic rings. The van der Waals surface area contributed by atoms with Gasteiger partial charge in [0.25, 0.3) is 0 Å². The lowest BCUT2D eigenvalue weighted by Gasteiger charge is -2.17. The van der Waals surface area contributed by atoms with E-state index in [2.05, 4.69) is 22.3 Å². The van der Waals surface area contributed by atoms with Gasteiger partial charge in [0.1, 0.15) is 6.61 Å². The molecule has 15 heavy (non-hydrogen) atoms. The van der Waals surface area contributed by atoms with Gasteiger partial charge in [-0.3, -0.25) is 5.84 Å². The Balaban J connectivity index is 2.71. The number of nitrogens with two attached hydrogens (primary N) is 1. The summed E-state index contributed by atoms with van der Waals surface area (Å²) in [5.74, 6) is 5.40. The first-order valence-corrected chi connectivity index (χ1v) is 4.11. The highest BCUT2D eigenvalue weighted by Gasteiger charge is 2.16. The molecular formula is C8H11N5O2. The van der Waals surface area contributed by atoms with E-state index in [-0.39, 0.29) is 12.4 Å². The Labute approximate surface area is 86.5 Å². The first kappa shape index (κ1) is 11.1. The van der Waals surface area contributed by atoms with Crippen LogP contribution in [-0.4, -0.2) is 22.9 Å². The molecule has 0 aromatic carbocycles. The van der Waals surface area contributed by atoms with Gasteiger partial charge in [0, 0.05) is 6.20 Å². The number of hydrogen-bond donors (Lipinski definition) is 2. The molecule has 0 radical (unpaired) electrons. The Bertz CT molecular complexity index is 329. The van der Waals surface area contributed by atoms with Crippen LogP contribution >= 0.6 is 0 Å². The summed E-state index contributed by atoms with van der Waals surface area (Å²) in [5, 5.41) is 8.21. The third-order valence-electron chi connectivity index (χ3n) is 1.42. The number of aromatic nitrogens is 2. The number of hydrazine groups is 2. The molecule has 0 atom stereocenters. The Hall–Kier alpha value is -1.99. The third kappa shape index (κ3) is 3.01. The van der Waals surface area contributed by atoms with Gasteiger partial charge in [0.2, 0.25) is 0 Å². The summed E-state index contributed by atoms with van der Waals surface area (Å²) in [6.45, 7) is 3.51. The van der Waals surface area contributed by atoms with Crippen molar-refractivity contribution in [2.75, 3.05) is 11.6 Å². The van der Waals surface area contributed by atoms with Crippen LogP contribution in [0.2, 0.25) is 0 Å². The Morgan fingerprint density at radius 1 is 1.80 bits per heavy atom. The van der Waals surface area contributed by atoms with Crippen molar-refractivity contribution in [2.24, 2.45) is 5.84 Å². The van der Waals surface area contributed by atoms with Gasteiger partial charge in [-0.1, -0.05) is 12.7 Å². The zero-order valence-corrected chi connectivity index (χ0v) is 7.96. The van der Waals surface area contributed by atoms with Gasteiger partial charge in [0.05, 0.1) is 0 Å². The van der Waals surface area contributed by atoms with Crippen LogP contribution < -0.4 is 16.4 Å². The zero-order valence-electron chi connectivity index (χ0n) is 7.96. The number of hydrogen-bond acceptors (Lipinski definition) is 6. The van der Waals surface area contributed by atoms with Gasteiger partial charge < -0.3 is 4.74 Å². The van der Waals surface area contributed by atoms with Gasteiger partial charge in [0.15, 0.2) is 5.82 Å². The molecule has 0 saturated heterocycles. The van der Waals surface area contributed by atoms with Crippen LogP contribution in [0.3, 0.4) is 0 Å². The maximum Gasteiger partial charge on any atom is 0.431 e. The predicted molar refractivity (Wildman–Crippen MR) is 53.4 cm³/mol. The van der Waals surface area contributed by atoms with Gasteiger partial charge in [-0.05, 0) is 12.1 Å². The standard InChI is InChI=1S/C8H11N5O2/c1-2-6-15-8(14)13(12-9)7-4-3-5-10-11-7/h2-5,12H,1,6,9H2. The highest BCUT2D eigenvalue weighted by atomic mass is 16.6. The van der Waals surface area contributed by atoms with E-state index in [4.69, 9.17) is 10.6 Å². The van der Waals surface area contributed by atoms with Crippen molar-refractivity contribution in [1.29, 1.82) is 0 Å². The number of nitrogens with one attached hydrogen (secondary N) is 1. The topological polar surface area (TPSA) is 93.4 Å². The van der Waals surface area contributed by atoms with E-state index in [0.717, 1.165) is 5.01 Å². The summed E-state index contributed by atoms with van der Waals surface area (Å²) < 4.78 is 4.76. The highest BCUT2D eigenvalue weighted by Crippen LogP contribution is 2.05. The number of carbonyl (C=O) groups is 1. The lowest BCUT2D eigenvalue weighted by Crippen LogP contribution is -2.48. The van der Waals surface area contributed by atoms with E-state index >= 15 is 0 Å². The van der Waals surface area contributed by atoms with Crippen molar-refractivity contribution in [1.82, 2.24) is 15.7 Å². The fourth-order valence-corrected chi connectivity index (χ4v) is 0.820. The average molecular weight is 209 g/mol. The van der Waals surface area contributed by atoms with Gasteiger partial charge in [-0.15, -0.1) is 5.10 Å². The molecule has 0 unspecified atom stereocenters. The molecule has 0 fully saturated rings. The van der Waals surface area contributed by atoms with E-state index in [9.17, 15) is 4.79 Å². The maximum absolute atomic E-state index is 11.4. The van der Waals surface area contributed by atoms with E-state index in [0.29, 0.717) is 0 Å². The summed E-state index contributed by atoms with van der Waals surface area (Å²) in [5.41, 5.74) is 2.15. The molecule has 0 aliphatic carbocycles. The van der Waals surface area contributed by atoms with Crippen LogP contribution in [0, 0.1) is 0 Å². The number of rotatable bonds is 4. The Morgan fingerprint density at radius 3 is 3.13 bits per heavy atom. The Morgan fingerprint density at radius 2 is 2.60 bits per heavy atom. The molecule has 0 spiro atoms. The molecule has 0 bridgehead atoms. The minimum Gasteiger partial charge on any atom is -0.444 e. The molecule has 3 N–H and O–H groups in total. The average Bonchev–Trinajstić information content (AvgIpc) is 2.29. The number of carbonyl (C=O) groups excluding carboxylic acids is 1. The number of nitrogens with zero attached hydrogens (tertiary/aromatic N) is 3. The molecule has 1 aromatic heterocycles. The second-order valence-electron chi connectivity index (χ2n) is 2.41. The van der Waals surface area contributed by atoms with Crippen LogP contribution in [0.15, 0.2) is 31.0 Å². The molecule has 7 heteroatoms. The van der Waals surface area contributed by atoms with Crippen molar-refractivity contribution < 1.29 is 9.53 Å². The van der Waals surface area contributed by atoms with Crippen LogP contribution in [0.5, 0.6) is 0 Å². The van der Waals surface area contributed by atoms with Crippen molar-refractivity contribution in [2.45, 2.75) is 0 Å². The van der Waals surface area contributed by atoms with Crippen LogP contribution in [0.4, 0.5) is 10.6 Å². The maximum atomic E-state index is 11.4. The number of ether oxygens (including phenoxy) is 1. The molecule has 1 amide bonds. The van der Waals surface area contributed by atoms with Gasteiger partial charge in [-0.25, -0.2) is 4.79 Å². The number of anilines is 1. The normalized spacial score (nSPS) is 9.40. The lowest BCUT2D eigenvalue weighted by molar-refractivity contribution is 0.162. The van der Waals surface area contributed by atoms with E-state index in [1.807, 2.05) is 0 Å². The third-order valence-corrected chi connectivity index (χ3v) is 1.42. The van der Waals surface area contributed by atoms with Crippen molar-refractivity contribution in [3.63, 3.8) is 0 Å². The van der Waals surface area contributed by atoms with Crippen LogP contribution in [0.1, 0.15) is 0 Å². The molecule has 0 saturated carbocycles. The summed E-state index contributed by atoms with van der Waals surface area (Å²) in [4.78, 5) is 11.4. The lowest BCUT2D eigenvalue weighted by atomic mass is 10.5. The smallest absolute Gasteiger partial charge is 0.431 e. The highest BCUT2D eigenvalue weighted by molar-refractivity contribution is 5.85. The monoisotopic (exact) mass is 209 g/mol. The van der Waals surface area contributed by atoms with Gasteiger partial charge in [-0.2, -0.15) is 15.6 Å². The minimum atomic E-state index is -0.682. The van der Waals surface area contributed by atoms with Crippen molar-refractivity contribution in [3.05, 3.63) is 31.0 Å². The number of amides is 1. The minimum absolute atomic E-state index is 0.0945. The SMILES string of the molecule is C=CCOC(=O)N(NN)c1cccnn1. The summed E-state index contributed by atoms with van der Waals surface area (Å²) >= 11 is 0. The molecule has 0 aliphatic heterocycles. The Kier molecular flexibility index (Phi) is 4.20. The molecular weight excluding hydrogens is 198 g/mol. The fourth-order valence-electron chi connectivity index (χ4n) is 0.820. The molecule has 80 valence electrons. The van der Waals surface area contributed by atoms with Crippen molar-refractivity contribution >= 4 is 11.9 Å².